The van der Waals surface area contributed by atoms with Crippen molar-refractivity contribution < 1.29 is 106 Å². The Hall–Kier alpha value is -7.81. The number of amides is 6. The van der Waals surface area contributed by atoms with Crippen LogP contribution in [-0.2, 0) is 86.0 Å². The van der Waals surface area contributed by atoms with Crippen LogP contribution < -0.4 is 16.0 Å². The molecule has 0 spiro atoms. The van der Waals surface area contributed by atoms with E-state index in [1.807, 2.05) is 38.2 Å². The predicted molar refractivity (Wildman–Crippen MR) is 384 cm³/mol. The van der Waals surface area contributed by atoms with E-state index in [-0.39, 0.29) is 128 Å². The van der Waals surface area contributed by atoms with Crippen molar-refractivity contribution in [2.45, 2.75) is 239 Å². The highest BCUT2D eigenvalue weighted by molar-refractivity contribution is 5.99. The summed E-state index contributed by atoms with van der Waals surface area (Å²) >= 11 is 0. The number of aliphatic hydroxyl groups is 3. The summed E-state index contributed by atoms with van der Waals surface area (Å²) in [5, 5.41) is 38.7. The van der Waals surface area contributed by atoms with Crippen LogP contribution in [0.4, 0.5) is 4.39 Å². The number of alkyl halides is 1. The van der Waals surface area contributed by atoms with Gasteiger partial charge in [-0.05, 0) is 119 Å². The van der Waals surface area contributed by atoms with Gasteiger partial charge in [0.25, 0.3) is 0 Å². The van der Waals surface area contributed by atoms with Gasteiger partial charge in [-0.3, -0.25) is 63.9 Å². The number of halogens is 1. The maximum Gasteiger partial charge on any atom is 0.331 e. The molecule has 0 aromatic rings. The lowest BCUT2D eigenvalue weighted by molar-refractivity contribution is -0.151. The van der Waals surface area contributed by atoms with Crippen molar-refractivity contribution in [2.75, 3.05) is 21.3 Å². The summed E-state index contributed by atoms with van der Waals surface area (Å²) in [7, 11) is 4.51. The van der Waals surface area contributed by atoms with Gasteiger partial charge in [-0.2, -0.15) is 0 Å². The molecule has 576 valence electrons. The molecule has 0 bridgehead atoms. The number of Topliss-reactive ketones (excluding diaryl/α,β-unsaturated/α-hetero) is 2. The average molecular weight is 1460 g/mol. The zero-order chi connectivity index (χ0) is 77.3. The molecule has 25 heteroatoms. The number of piperidine rings is 3. The second-order valence-electron chi connectivity index (χ2n) is 28.3. The average Bonchev–Trinajstić information content (AvgIpc) is 0.861. The molecule has 0 aromatic carbocycles. The van der Waals surface area contributed by atoms with Gasteiger partial charge in [-0.15, -0.1) is 0 Å². The SMILES string of the molecule is CO[C@H]1/C=C/CC/C=C/C(=O)O[C@H]([C@H](C)C(=O)/C=C/CC2CC(=O)NC(=O)C2)/C(C)=C\[C@@H](C)[C@@H]1O.CO[C@H]1/C=C/CC/C=C/C(=O)O[C@H]([C@H](C)C(=O)C[C@H](O)CC2CC(=O)NC(=O)C2)/C(C)=C\[C@@H](C)[C@H]1F.CO[C@H]1/C=C/CCC(=O)O[C@H]([C@H](C)C(=O)CCCC2CC(=O)NC(=O)C2)/C(C)=C\[C@@H](C)[C@@H]1O. The normalized spacial score (nSPS) is 31.5. The molecule has 6 aliphatic heterocycles. The van der Waals surface area contributed by atoms with Crippen LogP contribution in [0.25, 0.3) is 0 Å². The minimum atomic E-state index is -1.35. The number of allylic oxidation sites excluding steroid dienone is 8. The zero-order valence-electron chi connectivity index (χ0n) is 62.4. The number of aliphatic hydroxyl groups excluding tert-OH is 3. The van der Waals surface area contributed by atoms with Gasteiger partial charge < -0.3 is 43.7 Å². The fraction of sp³-hybridized carbons (Fsp3) is 0.620. The number of rotatable bonds is 20. The molecule has 3 saturated heterocycles. The first-order valence-electron chi connectivity index (χ1n) is 36.2. The van der Waals surface area contributed by atoms with Crippen LogP contribution in [0.15, 0.2) is 108 Å². The van der Waals surface area contributed by atoms with Crippen molar-refractivity contribution >= 4 is 70.7 Å². The third kappa shape index (κ3) is 30.7. The molecule has 0 radical (unpaired) electrons. The van der Waals surface area contributed by atoms with Crippen LogP contribution in [0.3, 0.4) is 0 Å². The van der Waals surface area contributed by atoms with Crippen molar-refractivity contribution in [3.63, 3.8) is 0 Å². The van der Waals surface area contributed by atoms with Gasteiger partial charge in [0, 0.05) is 109 Å². The fourth-order valence-electron chi connectivity index (χ4n) is 13.4. The van der Waals surface area contributed by atoms with Crippen LogP contribution in [-0.4, -0.2) is 168 Å². The molecule has 104 heavy (non-hydrogen) atoms. The minimum Gasteiger partial charge on any atom is -0.457 e. The Morgan fingerprint density at radius 3 is 1.40 bits per heavy atom. The lowest BCUT2D eigenvalue weighted by Gasteiger charge is -2.28. The summed E-state index contributed by atoms with van der Waals surface area (Å²) in [5.41, 5.74) is 1.88. The number of hydrogen-bond donors (Lipinski definition) is 6. The van der Waals surface area contributed by atoms with Crippen LogP contribution in [0.2, 0.25) is 0 Å². The summed E-state index contributed by atoms with van der Waals surface area (Å²) in [6, 6.07) is 0. The van der Waals surface area contributed by atoms with E-state index in [0.29, 0.717) is 80.9 Å². The maximum absolute atomic E-state index is 15.1. The van der Waals surface area contributed by atoms with Crippen molar-refractivity contribution in [1.82, 2.24) is 16.0 Å². The molecule has 6 heterocycles. The van der Waals surface area contributed by atoms with Crippen LogP contribution in [0.1, 0.15) is 178 Å². The number of esters is 3. The first kappa shape index (κ1) is 88.6. The number of carbonyl (C=O) groups excluding carboxylic acids is 12. The zero-order valence-corrected chi connectivity index (χ0v) is 62.4. The van der Waals surface area contributed by atoms with Crippen LogP contribution >= 0.6 is 0 Å². The van der Waals surface area contributed by atoms with E-state index in [1.165, 1.54) is 39.6 Å². The molecule has 24 nitrogen and oxygen atoms in total. The van der Waals surface area contributed by atoms with Gasteiger partial charge in [-0.1, -0.05) is 114 Å². The van der Waals surface area contributed by atoms with Crippen molar-refractivity contribution in [3.05, 3.63) is 108 Å². The summed E-state index contributed by atoms with van der Waals surface area (Å²) in [6.45, 7) is 15.7. The molecule has 3 fully saturated rings. The highest BCUT2D eigenvalue weighted by Crippen LogP contribution is 2.31. The Kier molecular flexibility index (Phi) is 38.8. The van der Waals surface area contributed by atoms with Crippen LogP contribution in [0, 0.1) is 53.3 Å². The van der Waals surface area contributed by atoms with Crippen molar-refractivity contribution in [1.29, 1.82) is 0 Å². The molecule has 0 aromatic heterocycles. The summed E-state index contributed by atoms with van der Waals surface area (Å²) in [5.74, 6) is -7.81. The summed E-state index contributed by atoms with van der Waals surface area (Å²) in [6.07, 6.45) is 23.2. The lowest BCUT2D eigenvalue weighted by Crippen LogP contribution is -2.40. The minimum absolute atomic E-state index is 0.0397. The lowest BCUT2D eigenvalue weighted by atomic mass is 9.85. The summed E-state index contributed by atoms with van der Waals surface area (Å²) in [4.78, 5) is 146. The number of hydrogen-bond acceptors (Lipinski definition) is 21. The smallest absolute Gasteiger partial charge is 0.331 e. The van der Waals surface area contributed by atoms with Crippen molar-refractivity contribution in [2.24, 2.45) is 53.3 Å². The number of methoxy groups -OCH3 is 3. The highest BCUT2D eigenvalue weighted by Gasteiger charge is 2.36. The number of ether oxygens (including phenoxy) is 6. The van der Waals surface area contributed by atoms with E-state index < -0.39 is 109 Å². The molecule has 0 aliphatic carbocycles. The van der Waals surface area contributed by atoms with Gasteiger partial charge >= 0.3 is 17.9 Å². The molecular formula is C79H112FN3O21. The second kappa shape index (κ2) is 45.5. The van der Waals surface area contributed by atoms with E-state index >= 15 is 4.39 Å². The molecule has 0 saturated carbocycles. The molecular weight excluding hydrogens is 1350 g/mol. The Bertz CT molecular complexity index is 3200. The first-order chi connectivity index (χ1) is 49.2. The Labute approximate surface area is 611 Å². The van der Waals surface area contributed by atoms with Crippen molar-refractivity contribution in [3.8, 4) is 0 Å². The van der Waals surface area contributed by atoms with E-state index in [4.69, 9.17) is 28.4 Å². The van der Waals surface area contributed by atoms with E-state index in [0.717, 1.165) is 0 Å². The number of nitrogens with one attached hydrogen (secondary N) is 3. The molecule has 6 rings (SSSR count). The largest absolute Gasteiger partial charge is 0.457 e. The predicted octanol–water partition coefficient (Wildman–Crippen LogP) is 8.74. The maximum atomic E-state index is 15.1. The number of cyclic esters (lactones) is 3. The molecule has 16 atom stereocenters. The molecule has 6 N–H and O–H groups in total. The quantitative estimate of drug-likeness (QED) is 0.0218. The number of ketones is 3. The van der Waals surface area contributed by atoms with E-state index in [9.17, 15) is 72.9 Å². The van der Waals surface area contributed by atoms with E-state index in [1.54, 1.807) is 97.1 Å². The Morgan fingerprint density at radius 1 is 0.538 bits per heavy atom. The van der Waals surface area contributed by atoms with Gasteiger partial charge in [0.15, 0.2) is 5.78 Å². The third-order valence-electron chi connectivity index (χ3n) is 19.4. The second-order valence-corrected chi connectivity index (χ2v) is 28.3. The van der Waals surface area contributed by atoms with Gasteiger partial charge in [0.1, 0.15) is 54.4 Å². The Balaban J connectivity index is 0.000000331. The Morgan fingerprint density at radius 2 is 0.933 bits per heavy atom. The highest BCUT2D eigenvalue weighted by atomic mass is 19.1. The molecule has 6 aliphatic rings. The standard InChI is InChI=1S/C27H38FNO7.C27H37NO7.C25H37NO7/c1-16-11-17(2)27(36-25(34)10-8-6-5-7-9-22(35-4)26(16)28)18(3)21(31)15-20(30)12-19-13-23(32)29-24(33)14-19;1-17-14-18(2)27(35-25(32)13-8-6-5-7-12-22(34-4)26(17)33)19(3)21(29)11-9-10-20-15-23(30)28-24(31)16-20;1-15-12-16(2)25(33-23(30)11-6-5-10-20(32-4)24(15)31)17(3)19(27)9-7-8-18-13-21(28)26-22(29)14-18/h7-11,16,18-20,22,26-27,30H,5-6,12-15H2,1-4H3,(H,29,32,33);7-9,11-14,17,19-20,22,26-27,33H,5-6,10,15-16H2,1-4H3,(H,28,30,31);5,10,12,15,17-18,20,24-25,31H,6-9,11,13-14H2,1-4H3,(H,26,28,29)/b9-7+,10-8+,17-11-;11-9+,12-7+,13-8+,18-14-;10-5+,16-12-/t16-,18-,20-,22+,26-,27+;17-,19-,22+,26+,27+;15-,17-,20+,24+,25+/m111/s1. The topological polar surface area (TPSA) is 357 Å². The first-order valence-corrected chi connectivity index (χ1v) is 36.2. The third-order valence-corrected chi connectivity index (χ3v) is 19.4. The van der Waals surface area contributed by atoms with E-state index in [2.05, 4.69) is 16.0 Å². The van der Waals surface area contributed by atoms with Gasteiger partial charge in [0.05, 0.1) is 36.1 Å². The molecule has 0 unspecified atom stereocenters. The van der Waals surface area contributed by atoms with Gasteiger partial charge in [0.2, 0.25) is 35.4 Å². The summed E-state index contributed by atoms with van der Waals surface area (Å²) < 4.78 is 48.2. The number of carbonyl (C=O) groups is 12. The van der Waals surface area contributed by atoms with Gasteiger partial charge in [-0.25, -0.2) is 14.0 Å². The molecule has 6 amide bonds. The number of imide groups is 3. The fourth-order valence-corrected chi connectivity index (χ4v) is 13.4. The van der Waals surface area contributed by atoms with Crippen LogP contribution in [0.5, 0.6) is 0 Å². The monoisotopic (exact) mass is 1460 g/mol.